The summed E-state index contributed by atoms with van der Waals surface area (Å²) < 4.78 is 0. The van der Waals surface area contributed by atoms with E-state index in [0.29, 0.717) is 32.5 Å². The van der Waals surface area contributed by atoms with Crippen molar-refractivity contribution in [2.45, 2.75) is 26.3 Å². The molecule has 1 heterocycles. The molecular formula is C21H24N2O3. The van der Waals surface area contributed by atoms with Crippen LogP contribution in [0.1, 0.15) is 24.0 Å². The number of nitrogens with one attached hydrogen (secondary N) is 1. The normalized spacial score (nSPS) is 14.9. The smallest absolute Gasteiger partial charge is 0.317 e. The Labute approximate surface area is 153 Å². The van der Waals surface area contributed by atoms with Crippen molar-refractivity contribution < 1.29 is 14.7 Å². The molecule has 136 valence electrons. The lowest BCUT2D eigenvalue weighted by molar-refractivity contribution is -0.143. The first kappa shape index (κ1) is 18.0. The van der Waals surface area contributed by atoms with Crippen molar-refractivity contribution in [3.63, 3.8) is 0 Å². The second kappa shape index (κ2) is 8.04. The Morgan fingerprint density at radius 3 is 2.42 bits per heavy atom. The van der Waals surface area contributed by atoms with E-state index in [2.05, 4.69) is 48.6 Å². The molecule has 5 nitrogen and oxygen atoms in total. The van der Waals surface area contributed by atoms with Crippen LogP contribution < -0.4 is 5.32 Å². The number of carboxylic acid groups (broad SMARTS) is 1. The van der Waals surface area contributed by atoms with Crippen molar-refractivity contribution in [1.29, 1.82) is 0 Å². The summed E-state index contributed by atoms with van der Waals surface area (Å²) in [5.74, 6) is -1.09. The first-order valence-corrected chi connectivity index (χ1v) is 8.94. The molecule has 2 amide bonds. The van der Waals surface area contributed by atoms with Gasteiger partial charge >= 0.3 is 12.0 Å². The topological polar surface area (TPSA) is 69.6 Å². The average molecular weight is 352 g/mol. The number of piperidine rings is 1. The third-order valence-corrected chi connectivity index (χ3v) is 4.89. The van der Waals surface area contributed by atoms with E-state index in [9.17, 15) is 9.59 Å². The molecule has 2 aromatic carbocycles. The fourth-order valence-electron chi connectivity index (χ4n) is 3.23. The van der Waals surface area contributed by atoms with Crippen LogP contribution >= 0.6 is 0 Å². The van der Waals surface area contributed by atoms with Gasteiger partial charge in [-0.3, -0.25) is 4.79 Å². The van der Waals surface area contributed by atoms with Crippen molar-refractivity contribution in [2.24, 2.45) is 5.92 Å². The van der Waals surface area contributed by atoms with Gasteiger partial charge in [0, 0.05) is 19.6 Å². The molecule has 0 saturated carbocycles. The largest absolute Gasteiger partial charge is 0.481 e. The molecule has 26 heavy (non-hydrogen) atoms. The summed E-state index contributed by atoms with van der Waals surface area (Å²) in [5.41, 5.74) is 4.54. The van der Waals surface area contributed by atoms with E-state index in [1.165, 1.54) is 5.56 Å². The zero-order chi connectivity index (χ0) is 18.5. The molecule has 0 bridgehead atoms. The van der Waals surface area contributed by atoms with Gasteiger partial charge in [-0.2, -0.15) is 0 Å². The average Bonchev–Trinajstić information content (AvgIpc) is 2.67. The maximum absolute atomic E-state index is 12.3. The molecule has 2 N–H and O–H groups in total. The Bertz CT molecular complexity index is 778. The van der Waals surface area contributed by atoms with E-state index < -0.39 is 5.97 Å². The number of likely N-dealkylation sites (tertiary alicyclic amines) is 1. The van der Waals surface area contributed by atoms with Crippen molar-refractivity contribution in [1.82, 2.24) is 10.2 Å². The Hall–Kier alpha value is -2.82. The standard InChI is InChI=1S/C21H24N2O3/c1-15-5-7-17(8-6-15)19-4-2-3-16(13-19)14-22-21(26)23-11-9-18(10-12-23)20(24)25/h2-8,13,18H,9-12,14H2,1H3,(H,22,26)(H,24,25). The number of nitrogens with zero attached hydrogens (tertiary/aromatic N) is 1. The Morgan fingerprint density at radius 2 is 1.77 bits per heavy atom. The highest BCUT2D eigenvalue weighted by molar-refractivity contribution is 5.75. The van der Waals surface area contributed by atoms with Crippen LogP contribution in [-0.4, -0.2) is 35.1 Å². The van der Waals surface area contributed by atoms with Gasteiger partial charge in [0.15, 0.2) is 0 Å². The minimum atomic E-state index is -0.766. The molecule has 2 aromatic rings. The molecule has 0 radical (unpaired) electrons. The number of amides is 2. The van der Waals surface area contributed by atoms with E-state index >= 15 is 0 Å². The third-order valence-electron chi connectivity index (χ3n) is 4.89. The molecule has 5 heteroatoms. The molecule has 0 atom stereocenters. The summed E-state index contributed by atoms with van der Waals surface area (Å²) in [7, 11) is 0. The fourth-order valence-corrected chi connectivity index (χ4v) is 3.23. The summed E-state index contributed by atoms with van der Waals surface area (Å²) in [6.07, 6.45) is 1.04. The van der Waals surface area contributed by atoms with Gasteiger partial charge in [0.2, 0.25) is 0 Å². The predicted octanol–water partition coefficient (Wildman–Crippen LogP) is 3.67. The van der Waals surface area contributed by atoms with Crippen LogP contribution in [0.15, 0.2) is 48.5 Å². The van der Waals surface area contributed by atoms with Gasteiger partial charge in [-0.25, -0.2) is 4.79 Å². The summed E-state index contributed by atoms with van der Waals surface area (Å²) in [6, 6.07) is 16.4. The summed E-state index contributed by atoms with van der Waals surface area (Å²) in [6.45, 7) is 3.50. The molecule has 1 aliphatic rings. The highest BCUT2D eigenvalue weighted by Crippen LogP contribution is 2.21. The van der Waals surface area contributed by atoms with Gasteiger partial charge in [0.25, 0.3) is 0 Å². The van der Waals surface area contributed by atoms with Gasteiger partial charge in [0.05, 0.1) is 5.92 Å². The molecule has 0 spiro atoms. The number of benzene rings is 2. The first-order valence-electron chi connectivity index (χ1n) is 8.94. The Kier molecular flexibility index (Phi) is 5.56. The van der Waals surface area contributed by atoms with E-state index in [1.54, 1.807) is 4.90 Å². The van der Waals surface area contributed by atoms with E-state index in [0.717, 1.165) is 16.7 Å². The summed E-state index contributed by atoms with van der Waals surface area (Å²) in [5, 5.41) is 12.0. The lowest BCUT2D eigenvalue weighted by Crippen LogP contribution is -2.45. The van der Waals surface area contributed by atoms with E-state index in [-0.39, 0.29) is 11.9 Å². The summed E-state index contributed by atoms with van der Waals surface area (Å²) >= 11 is 0. The molecule has 1 fully saturated rings. The lowest BCUT2D eigenvalue weighted by atomic mass is 9.97. The molecule has 1 aliphatic heterocycles. The number of urea groups is 1. The number of aliphatic carboxylic acids is 1. The zero-order valence-corrected chi connectivity index (χ0v) is 14.9. The van der Waals surface area contributed by atoms with Crippen LogP contribution in [0.4, 0.5) is 4.79 Å². The van der Waals surface area contributed by atoms with Gasteiger partial charge in [-0.05, 0) is 42.5 Å². The number of aryl methyl sites for hydroxylation is 1. The van der Waals surface area contributed by atoms with Gasteiger partial charge in [-0.15, -0.1) is 0 Å². The summed E-state index contributed by atoms with van der Waals surface area (Å²) in [4.78, 5) is 25.0. The number of rotatable bonds is 4. The number of carboxylic acids is 1. The van der Waals surface area contributed by atoms with Crippen molar-refractivity contribution >= 4 is 12.0 Å². The van der Waals surface area contributed by atoms with Crippen LogP contribution in [0.25, 0.3) is 11.1 Å². The van der Waals surface area contributed by atoms with Crippen LogP contribution in [0, 0.1) is 12.8 Å². The zero-order valence-electron chi connectivity index (χ0n) is 14.9. The maximum Gasteiger partial charge on any atom is 0.317 e. The van der Waals surface area contributed by atoms with Crippen LogP contribution in [-0.2, 0) is 11.3 Å². The van der Waals surface area contributed by atoms with Crippen molar-refractivity contribution in [2.75, 3.05) is 13.1 Å². The van der Waals surface area contributed by atoms with Gasteiger partial charge < -0.3 is 15.3 Å². The molecular weight excluding hydrogens is 328 g/mol. The minimum Gasteiger partial charge on any atom is -0.481 e. The second-order valence-corrected chi connectivity index (χ2v) is 6.82. The van der Waals surface area contributed by atoms with Gasteiger partial charge in [-0.1, -0.05) is 48.0 Å². The third kappa shape index (κ3) is 4.42. The fraction of sp³-hybridized carbons (Fsp3) is 0.333. The molecule has 0 aromatic heterocycles. The number of carbonyl (C=O) groups is 2. The number of hydrogen-bond acceptors (Lipinski definition) is 2. The first-order chi connectivity index (χ1) is 12.5. The molecule has 3 rings (SSSR count). The highest BCUT2D eigenvalue weighted by atomic mass is 16.4. The quantitative estimate of drug-likeness (QED) is 0.882. The van der Waals surface area contributed by atoms with E-state index in [1.807, 2.05) is 12.1 Å². The SMILES string of the molecule is Cc1ccc(-c2cccc(CNC(=O)N3CCC(C(=O)O)CC3)c2)cc1. The Morgan fingerprint density at radius 1 is 1.08 bits per heavy atom. The lowest BCUT2D eigenvalue weighted by Gasteiger charge is -2.30. The molecule has 0 unspecified atom stereocenters. The second-order valence-electron chi connectivity index (χ2n) is 6.82. The van der Waals surface area contributed by atoms with Crippen molar-refractivity contribution in [3.05, 3.63) is 59.7 Å². The highest BCUT2D eigenvalue weighted by Gasteiger charge is 2.26. The van der Waals surface area contributed by atoms with Crippen molar-refractivity contribution in [3.8, 4) is 11.1 Å². The van der Waals surface area contributed by atoms with E-state index in [4.69, 9.17) is 5.11 Å². The molecule has 0 aliphatic carbocycles. The molecule has 1 saturated heterocycles. The van der Waals surface area contributed by atoms with Crippen LogP contribution in [0.3, 0.4) is 0 Å². The predicted molar refractivity (Wildman–Crippen MR) is 101 cm³/mol. The minimum absolute atomic E-state index is 0.130. The number of carbonyl (C=O) groups excluding carboxylic acids is 1. The maximum atomic E-state index is 12.3. The Balaban J connectivity index is 1.56. The van der Waals surface area contributed by atoms with Gasteiger partial charge in [0.1, 0.15) is 0 Å². The van der Waals surface area contributed by atoms with Crippen LogP contribution in [0.5, 0.6) is 0 Å². The monoisotopic (exact) mass is 352 g/mol. The van der Waals surface area contributed by atoms with Crippen LogP contribution in [0.2, 0.25) is 0 Å². The number of hydrogen-bond donors (Lipinski definition) is 2.